The van der Waals surface area contributed by atoms with Gasteiger partial charge in [-0.3, -0.25) is 18.6 Å². The van der Waals surface area contributed by atoms with E-state index in [1.807, 2.05) is 0 Å². The molecule has 2 aromatic heterocycles. The van der Waals surface area contributed by atoms with Crippen molar-refractivity contribution in [3.63, 3.8) is 0 Å². The summed E-state index contributed by atoms with van der Waals surface area (Å²) in [7, 11) is -2.68. The SMILES string of the molecule is CCCCCc1oc(CCCCCCCCCCC(=O)O[C@H](COC(=O)CCCCCCCCCCc2oc(CCC)cc2C)COP(=O)(O)OCCNC)c(C)c1C. The van der Waals surface area contributed by atoms with Crippen LogP contribution in [0.15, 0.2) is 14.9 Å². The molecule has 2 heterocycles. The van der Waals surface area contributed by atoms with Gasteiger partial charge in [0, 0.05) is 45.1 Å². The third-order valence-corrected chi connectivity index (χ3v) is 12.0. The van der Waals surface area contributed by atoms with Crippen LogP contribution < -0.4 is 5.32 Å². The summed E-state index contributed by atoms with van der Waals surface area (Å²) >= 11 is 0. The third-order valence-electron chi connectivity index (χ3n) is 11.0. The van der Waals surface area contributed by atoms with Gasteiger partial charge in [0.2, 0.25) is 0 Å². The molecule has 0 bridgehead atoms. The van der Waals surface area contributed by atoms with Crippen molar-refractivity contribution in [2.75, 3.05) is 33.4 Å². The first kappa shape index (κ1) is 52.7. The minimum Gasteiger partial charge on any atom is -0.466 e. The van der Waals surface area contributed by atoms with Crippen molar-refractivity contribution in [1.82, 2.24) is 5.32 Å². The van der Waals surface area contributed by atoms with Gasteiger partial charge in [0.05, 0.1) is 13.2 Å². The molecular formula is C47H82NO10P. The Morgan fingerprint density at radius 3 is 1.69 bits per heavy atom. The van der Waals surface area contributed by atoms with Crippen LogP contribution in [-0.4, -0.2) is 56.3 Å². The Hall–Kier alpha value is -2.43. The van der Waals surface area contributed by atoms with Crippen LogP contribution in [0.3, 0.4) is 0 Å². The standard InChI is InChI=1S/C47H82NO10P/c1-7-9-22-29-44-39(4)40(5)45(58-44)30-24-19-15-11-13-17-21-26-32-47(50)57-42(37-55-59(51,52)54-34-33-48-6)36-53-46(49)31-25-20-16-12-10-14-18-23-28-43-38(3)35-41(56-43)27-8-2/h35,42,48H,7-34,36-37H2,1-6H3,(H,51,52)/t42-/m1/s1. The van der Waals surface area contributed by atoms with Crippen LogP contribution in [-0.2, 0) is 58.4 Å². The molecule has 0 aliphatic rings. The number of rotatable bonds is 38. The maximum absolute atomic E-state index is 12.7. The average Bonchev–Trinajstić information content (AvgIpc) is 3.69. The minimum absolute atomic E-state index is 0.0283. The molecule has 2 N–H and O–H groups in total. The summed E-state index contributed by atoms with van der Waals surface area (Å²) in [4.78, 5) is 35.3. The lowest BCUT2D eigenvalue weighted by molar-refractivity contribution is -0.161. The summed E-state index contributed by atoms with van der Waals surface area (Å²) in [5.74, 6) is 3.72. The van der Waals surface area contributed by atoms with Crippen molar-refractivity contribution in [1.29, 1.82) is 0 Å². The number of phosphoric ester groups is 1. The second-order valence-corrected chi connectivity index (χ2v) is 17.8. The molecule has 12 heteroatoms. The summed E-state index contributed by atoms with van der Waals surface area (Å²) < 4.78 is 45.6. The van der Waals surface area contributed by atoms with Crippen molar-refractivity contribution >= 4 is 19.8 Å². The van der Waals surface area contributed by atoms with Gasteiger partial charge in [-0.25, -0.2) is 4.57 Å². The number of likely N-dealkylation sites (N-methyl/N-ethyl adjacent to an activating group) is 1. The smallest absolute Gasteiger partial charge is 0.466 e. The zero-order chi connectivity index (χ0) is 43.1. The van der Waals surface area contributed by atoms with Gasteiger partial charge in [0.1, 0.15) is 29.6 Å². The molecule has 340 valence electrons. The maximum atomic E-state index is 12.7. The number of furan rings is 2. The molecule has 2 aromatic rings. The third kappa shape index (κ3) is 24.6. The van der Waals surface area contributed by atoms with Gasteiger partial charge in [-0.1, -0.05) is 104 Å². The predicted molar refractivity (Wildman–Crippen MR) is 236 cm³/mol. The molecule has 0 amide bonds. The van der Waals surface area contributed by atoms with Crippen LogP contribution in [0.4, 0.5) is 0 Å². The normalized spacial score (nSPS) is 13.1. The number of aryl methyl sites for hydroxylation is 5. The number of hydrogen-bond acceptors (Lipinski definition) is 10. The van der Waals surface area contributed by atoms with Crippen molar-refractivity contribution in [2.24, 2.45) is 0 Å². The van der Waals surface area contributed by atoms with E-state index in [0.717, 1.165) is 101 Å². The lowest BCUT2D eigenvalue weighted by atomic mass is 10.0. The summed E-state index contributed by atoms with van der Waals surface area (Å²) in [6, 6.07) is 2.18. The van der Waals surface area contributed by atoms with E-state index < -0.39 is 32.5 Å². The summed E-state index contributed by atoms with van der Waals surface area (Å²) in [5, 5.41) is 2.83. The molecule has 0 aliphatic heterocycles. The van der Waals surface area contributed by atoms with Gasteiger partial charge in [-0.15, -0.1) is 0 Å². The van der Waals surface area contributed by atoms with Gasteiger partial charge in [-0.05, 0) is 89.1 Å². The molecule has 0 radical (unpaired) electrons. The van der Waals surface area contributed by atoms with Crippen LogP contribution in [0.25, 0.3) is 0 Å². The first-order valence-electron chi connectivity index (χ1n) is 23.3. The van der Waals surface area contributed by atoms with Gasteiger partial charge >= 0.3 is 19.8 Å². The van der Waals surface area contributed by atoms with Crippen LogP contribution >= 0.6 is 7.82 Å². The Bertz CT molecular complexity index is 1450. The topological polar surface area (TPSA) is 147 Å². The van der Waals surface area contributed by atoms with Crippen LogP contribution in [0, 0.1) is 20.8 Å². The average molecular weight is 852 g/mol. The quantitative estimate of drug-likeness (QED) is 0.0378. The van der Waals surface area contributed by atoms with E-state index in [2.05, 4.69) is 46.0 Å². The number of hydrogen-bond donors (Lipinski definition) is 2. The maximum Gasteiger partial charge on any atom is 0.472 e. The van der Waals surface area contributed by atoms with Gasteiger partial charge in [0.15, 0.2) is 6.10 Å². The fraction of sp³-hybridized carbons (Fsp3) is 0.787. The van der Waals surface area contributed by atoms with Crippen LogP contribution in [0.2, 0.25) is 0 Å². The number of carbonyl (C=O) groups excluding carboxylic acids is 2. The number of esters is 2. The zero-order valence-electron chi connectivity index (χ0n) is 37.9. The highest BCUT2D eigenvalue weighted by atomic mass is 31.2. The molecule has 0 aliphatic carbocycles. The molecule has 11 nitrogen and oxygen atoms in total. The second kappa shape index (κ2) is 32.3. The van der Waals surface area contributed by atoms with E-state index >= 15 is 0 Å². The number of carbonyl (C=O) groups is 2. The Morgan fingerprint density at radius 1 is 0.644 bits per heavy atom. The molecule has 0 saturated heterocycles. The Kier molecular flexibility index (Phi) is 28.9. The van der Waals surface area contributed by atoms with E-state index in [-0.39, 0.29) is 26.1 Å². The second-order valence-electron chi connectivity index (χ2n) is 16.4. The lowest BCUT2D eigenvalue weighted by Gasteiger charge is -2.20. The Balaban J connectivity index is 1.59. The highest BCUT2D eigenvalue weighted by Crippen LogP contribution is 2.43. The van der Waals surface area contributed by atoms with Gasteiger partial charge in [-0.2, -0.15) is 0 Å². The Morgan fingerprint density at radius 2 is 1.15 bits per heavy atom. The molecule has 1 unspecified atom stereocenters. The number of nitrogens with one attached hydrogen (secondary N) is 1. The molecule has 0 saturated carbocycles. The molecule has 0 aromatic carbocycles. The summed E-state index contributed by atoms with van der Waals surface area (Å²) in [6.45, 7) is 10.6. The first-order chi connectivity index (χ1) is 28.5. The molecule has 2 atom stereocenters. The highest BCUT2D eigenvalue weighted by molar-refractivity contribution is 7.47. The fourth-order valence-corrected chi connectivity index (χ4v) is 8.02. The van der Waals surface area contributed by atoms with Crippen molar-refractivity contribution in [3.05, 3.63) is 45.8 Å². The molecule has 2 rings (SSSR count). The zero-order valence-corrected chi connectivity index (χ0v) is 38.8. The van der Waals surface area contributed by atoms with E-state index in [9.17, 15) is 19.0 Å². The highest BCUT2D eigenvalue weighted by Gasteiger charge is 2.26. The van der Waals surface area contributed by atoms with E-state index in [0.29, 0.717) is 19.4 Å². The van der Waals surface area contributed by atoms with Crippen LogP contribution in [0.5, 0.6) is 0 Å². The summed E-state index contributed by atoms with van der Waals surface area (Å²) in [6.07, 6.45) is 25.2. The molecule has 0 fully saturated rings. The Labute approximate surface area is 357 Å². The fourth-order valence-electron chi connectivity index (χ4n) is 7.27. The van der Waals surface area contributed by atoms with Gasteiger partial charge in [0.25, 0.3) is 0 Å². The largest absolute Gasteiger partial charge is 0.472 e. The molecule has 59 heavy (non-hydrogen) atoms. The van der Waals surface area contributed by atoms with Crippen molar-refractivity contribution in [2.45, 2.75) is 208 Å². The van der Waals surface area contributed by atoms with E-state index in [1.54, 1.807) is 7.05 Å². The predicted octanol–water partition coefficient (Wildman–Crippen LogP) is 12.1. The monoisotopic (exact) mass is 852 g/mol. The molecular weight excluding hydrogens is 769 g/mol. The van der Waals surface area contributed by atoms with E-state index in [1.165, 1.54) is 80.2 Å². The number of ether oxygens (including phenoxy) is 2. The van der Waals surface area contributed by atoms with Crippen molar-refractivity contribution < 1.29 is 46.4 Å². The lowest BCUT2D eigenvalue weighted by Crippen LogP contribution is -2.29. The number of unbranched alkanes of at least 4 members (excludes halogenated alkanes) is 16. The van der Waals surface area contributed by atoms with Crippen molar-refractivity contribution in [3.8, 4) is 0 Å². The van der Waals surface area contributed by atoms with Gasteiger partial charge < -0.3 is 28.5 Å². The minimum atomic E-state index is -4.37. The molecule has 0 spiro atoms. The summed E-state index contributed by atoms with van der Waals surface area (Å²) in [5.41, 5.74) is 3.92. The number of phosphoric acid groups is 1. The first-order valence-corrected chi connectivity index (χ1v) is 24.8. The van der Waals surface area contributed by atoms with Crippen LogP contribution in [0.1, 0.15) is 195 Å². The van der Waals surface area contributed by atoms with E-state index in [4.69, 9.17) is 27.4 Å².